The minimum absolute atomic E-state index is 0.0651. The van der Waals surface area contributed by atoms with Crippen molar-refractivity contribution in [1.82, 2.24) is 19.9 Å². The Morgan fingerprint density at radius 2 is 1.59 bits per heavy atom. The topological polar surface area (TPSA) is 73.8 Å². The van der Waals surface area contributed by atoms with Gasteiger partial charge in [0.25, 0.3) is 5.56 Å². The molecule has 164 valence electrons. The molecule has 4 aromatic rings. The molecule has 0 radical (unpaired) electrons. The van der Waals surface area contributed by atoms with Gasteiger partial charge in [0.15, 0.2) is 0 Å². The van der Waals surface area contributed by atoms with Crippen LogP contribution in [0.15, 0.2) is 70.0 Å². The average Bonchev–Trinajstić information content (AvgIpc) is 3.23. The number of alkyl halides is 3. The van der Waals surface area contributed by atoms with Crippen LogP contribution in [0, 0.1) is 0 Å². The molecule has 0 amide bonds. The zero-order valence-corrected chi connectivity index (χ0v) is 17.3. The van der Waals surface area contributed by atoms with E-state index in [9.17, 15) is 18.0 Å². The molecular formula is C23H19F3N4O2. The zero-order chi connectivity index (χ0) is 22.9. The van der Waals surface area contributed by atoms with Gasteiger partial charge in [-0.15, -0.1) is 0 Å². The molecule has 0 saturated heterocycles. The van der Waals surface area contributed by atoms with Crippen LogP contribution in [-0.2, 0) is 12.7 Å². The second-order valence-corrected chi connectivity index (χ2v) is 7.58. The summed E-state index contributed by atoms with van der Waals surface area (Å²) in [5.41, 5.74) is 1.93. The van der Waals surface area contributed by atoms with E-state index >= 15 is 0 Å². The average molecular weight is 440 g/mol. The quantitative estimate of drug-likeness (QED) is 0.429. The van der Waals surface area contributed by atoms with Gasteiger partial charge in [0, 0.05) is 17.2 Å². The zero-order valence-electron chi connectivity index (χ0n) is 17.3. The van der Waals surface area contributed by atoms with Crippen molar-refractivity contribution in [2.45, 2.75) is 32.5 Å². The van der Waals surface area contributed by atoms with Crippen LogP contribution in [0.2, 0.25) is 0 Å². The summed E-state index contributed by atoms with van der Waals surface area (Å²) in [6.45, 7) is 4.15. The van der Waals surface area contributed by atoms with Gasteiger partial charge in [-0.1, -0.05) is 55.4 Å². The summed E-state index contributed by atoms with van der Waals surface area (Å²) < 4.78 is 44.6. The van der Waals surface area contributed by atoms with E-state index < -0.39 is 11.7 Å². The number of halogens is 3. The van der Waals surface area contributed by atoms with E-state index in [1.54, 1.807) is 6.07 Å². The van der Waals surface area contributed by atoms with Gasteiger partial charge in [0.1, 0.15) is 6.54 Å². The molecule has 2 heterocycles. The van der Waals surface area contributed by atoms with Gasteiger partial charge in [0.2, 0.25) is 11.7 Å². The van der Waals surface area contributed by atoms with Crippen molar-refractivity contribution in [2.24, 2.45) is 0 Å². The fourth-order valence-corrected chi connectivity index (χ4v) is 3.13. The van der Waals surface area contributed by atoms with E-state index in [0.29, 0.717) is 17.2 Å². The molecule has 2 aromatic carbocycles. The fraction of sp³-hybridized carbons (Fsp3) is 0.217. The highest BCUT2D eigenvalue weighted by Gasteiger charge is 2.30. The third kappa shape index (κ3) is 4.61. The number of nitrogens with zero attached hydrogens (tertiary/aromatic N) is 4. The molecule has 0 aliphatic rings. The van der Waals surface area contributed by atoms with Gasteiger partial charge in [-0.05, 0) is 29.7 Å². The van der Waals surface area contributed by atoms with Crippen LogP contribution in [0.4, 0.5) is 13.2 Å². The number of hydrogen-bond donors (Lipinski definition) is 0. The van der Waals surface area contributed by atoms with Gasteiger partial charge in [0.05, 0.1) is 11.3 Å². The van der Waals surface area contributed by atoms with Crippen molar-refractivity contribution >= 4 is 0 Å². The second kappa shape index (κ2) is 8.41. The first kappa shape index (κ1) is 21.5. The Morgan fingerprint density at radius 3 is 2.22 bits per heavy atom. The molecule has 0 aliphatic carbocycles. The third-order valence-electron chi connectivity index (χ3n) is 4.96. The van der Waals surface area contributed by atoms with E-state index in [-0.39, 0.29) is 23.8 Å². The van der Waals surface area contributed by atoms with Crippen LogP contribution in [0.1, 0.15) is 36.8 Å². The summed E-state index contributed by atoms with van der Waals surface area (Å²) in [6.07, 6.45) is -4.42. The highest BCUT2D eigenvalue weighted by Crippen LogP contribution is 2.30. The molecule has 0 spiro atoms. The second-order valence-electron chi connectivity index (χ2n) is 7.58. The Hall–Kier alpha value is -3.75. The Bertz CT molecular complexity index is 1270. The van der Waals surface area contributed by atoms with E-state index in [4.69, 9.17) is 4.52 Å². The molecule has 0 saturated carbocycles. The SMILES string of the molecule is CC(C)c1ccc(-c2ccc(=O)n(Cc3nc(-c4ccc(C(F)(F)F)cc4)no3)n2)cc1. The van der Waals surface area contributed by atoms with E-state index in [0.717, 1.165) is 17.7 Å². The largest absolute Gasteiger partial charge is 0.416 e. The first-order valence-corrected chi connectivity index (χ1v) is 9.89. The van der Waals surface area contributed by atoms with Crippen molar-refractivity contribution < 1.29 is 17.7 Å². The van der Waals surface area contributed by atoms with Crippen LogP contribution in [-0.4, -0.2) is 19.9 Å². The molecule has 0 bridgehead atoms. The normalized spacial score (nSPS) is 11.8. The van der Waals surface area contributed by atoms with Crippen LogP contribution in [0.25, 0.3) is 22.6 Å². The summed E-state index contributed by atoms with van der Waals surface area (Å²) >= 11 is 0. The Balaban J connectivity index is 1.55. The van der Waals surface area contributed by atoms with Crippen molar-refractivity contribution in [3.8, 4) is 22.6 Å². The monoisotopic (exact) mass is 440 g/mol. The van der Waals surface area contributed by atoms with Gasteiger partial charge >= 0.3 is 6.18 Å². The maximum absolute atomic E-state index is 12.7. The summed E-state index contributed by atoms with van der Waals surface area (Å²) in [4.78, 5) is 16.4. The molecule has 2 aromatic heterocycles. The number of rotatable bonds is 5. The van der Waals surface area contributed by atoms with E-state index in [2.05, 4.69) is 29.1 Å². The first-order valence-electron chi connectivity index (χ1n) is 9.89. The van der Waals surface area contributed by atoms with Gasteiger partial charge in [-0.3, -0.25) is 4.79 Å². The van der Waals surface area contributed by atoms with E-state index in [1.807, 2.05) is 24.3 Å². The predicted molar refractivity (Wildman–Crippen MR) is 112 cm³/mol. The molecule has 0 unspecified atom stereocenters. The minimum atomic E-state index is -4.42. The Kier molecular flexibility index (Phi) is 5.65. The van der Waals surface area contributed by atoms with Gasteiger partial charge in [-0.25, -0.2) is 4.68 Å². The molecule has 6 nitrogen and oxygen atoms in total. The van der Waals surface area contributed by atoms with Crippen LogP contribution in [0.5, 0.6) is 0 Å². The lowest BCUT2D eigenvalue weighted by atomic mass is 10.0. The Labute approximate surface area is 181 Å². The smallest absolute Gasteiger partial charge is 0.337 e. The predicted octanol–water partition coefficient (Wildman–Crippen LogP) is 5.15. The molecular weight excluding hydrogens is 421 g/mol. The van der Waals surface area contributed by atoms with Crippen molar-refractivity contribution in [3.63, 3.8) is 0 Å². The van der Waals surface area contributed by atoms with Crippen LogP contribution >= 0.6 is 0 Å². The molecule has 9 heteroatoms. The first-order chi connectivity index (χ1) is 15.2. The van der Waals surface area contributed by atoms with E-state index in [1.165, 1.54) is 28.4 Å². The third-order valence-corrected chi connectivity index (χ3v) is 4.96. The maximum Gasteiger partial charge on any atom is 0.416 e. The summed E-state index contributed by atoms with van der Waals surface area (Å²) in [6, 6.07) is 15.4. The lowest BCUT2D eigenvalue weighted by molar-refractivity contribution is -0.137. The molecule has 0 fully saturated rings. The van der Waals surface area contributed by atoms with Gasteiger partial charge in [-0.2, -0.15) is 23.3 Å². The van der Waals surface area contributed by atoms with Crippen LogP contribution in [0.3, 0.4) is 0 Å². The summed E-state index contributed by atoms with van der Waals surface area (Å²) in [5.74, 6) is 0.645. The highest BCUT2D eigenvalue weighted by atomic mass is 19.4. The highest BCUT2D eigenvalue weighted by molar-refractivity contribution is 5.59. The van der Waals surface area contributed by atoms with Gasteiger partial charge < -0.3 is 4.52 Å². The minimum Gasteiger partial charge on any atom is -0.337 e. The molecule has 32 heavy (non-hydrogen) atoms. The number of hydrogen-bond acceptors (Lipinski definition) is 5. The molecule has 0 atom stereocenters. The van der Waals surface area contributed by atoms with Crippen molar-refractivity contribution in [1.29, 1.82) is 0 Å². The lowest BCUT2D eigenvalue weighted by Gasteiger charge is -2.08. The Morgan fingerprint density at radius 1 is 0.938 bits per heavy atom. The summed E-state index contributed by atoms with van der Waals surface area (Å²) in [7, 11) is 0. The maximum atomic E-state index is 12.7. The summed E-state index contributed by atoms with van der Waals surface area (Å²) in [5, 5.41) is 8.18. The van der Waals surface area contributed by atoms with Crippen molar-refractivity contribution in [2.75, 3.05) is 0 Å². The number of aromatic nitrogens is 4. The molecule has 0 aliphatic heterocycles. The lowest BCUT2D eigenvalue weighted by Crippen LogP contribution is -2.23. The number of benzene rings is 2. The standard InChI is InChI=1S/C23H19F3N4O2/c1-14(2)15-3-5-16(6-4-15)19-11-12-21(31)30(28-19)13-20-27-22(29-32-20)17-7-9-18(10-8-17)23(24,25)26/h3-12,14H,13H2,1-2H3. The molecule has 4 rings (SSSR count). The van der Waals surface area contributed by atoms with Crippen LogP contribution < -0.4 is 5.56 Å². The fourth-order valence-electron chi connectivity index (χ4n) is 3.13. The molecule has 0 N–H and O–H groups in total. The van der Waals surface area contributed by atoms with Crippen molar-refractivity contribution in [3.05, 3.63) is 88.0 Å².